The van der Waals surface area contributed by atoms with Gasteiger partial charge in [-0.05, 0) is 18.6 Å². The number of aromatic nitrogens is 1. The van der Waals surface area contributed by atoms with Gasteiger partial charge in [-0.2, -0.15) is 30.3 Å². The van der Waals surface area contributed by atoms with E-state index in [9.17, 15) is 0 Å². The molecule has 0 aliphatic heterocycles. The van der Waals surface area contributed by atoms with Crippen molar-refractivity contribution in [3.8, 4) is 10.6 Å². The first-order valence-electron chi connectivity index (χ1n) is 9.04. The number of nitrogens with zero attached hydrogens (tertiary/aromatic N) is 1. The van der Waals surface area contributed by atoms with Crippen LogP contribution in [0.2, 0.25) is 0 Å². The van der Waals surface area contributed by atoms with E-state index in [0.29, 0.717) is 6.61 Å². The molecule has 3 rings (SSSR count). The summed E-state index contributed by atoms with van der Waals surface area (Å²) in [4.78, 5) is 4.59. The van der Waals surface area contributed by atoms with Crippen molar-refractivity contribution in [3.63, 3.8) is 0 Å². The minimum absolute atomic E-state index is 0. The van der Waals surface area contributed by atoms with E-state index in [0.717, 1.165) is 29.1 Å². The van der Waals surface area contributed by atoms with E-state index < -0.39 is 0 Å². The van der Waals surface area contributed by atoms with Crippen LogP contribution in [0.25, 0.3) is 20.8 Å². The maximum absolute atomic E-state index is 4.87. The molecule has 141 valence electrons. The second-order valence-electron chi connectivity index (χ2n) is 4.39. The first-order valence-corrected chi connectivity index (χ1v) is 9.86. The van der Waals surface area contributed by atoms with Crippen molar-refractivity contribution in [2.45, 2.75) is 41.0 Å². The number of para-hydroxylation sites is 1. The SMILES string of the molecule is CC.CC.[CH2-]COCCC.[Y].[c-]1ccc(-c2nc3ccccc3s2)cc1. The zero-order chi connectivity index (χ0) is 18.9. The van der Waals surface area contributed by atoms with E-state index in [4.69, 9.17) is 4.74 Å². The van der Waals surface area contributed by atoms with Crippen LogP contribution < -0.4 is 0 Å². The van der Waals surface area contributed by atoms with Crippen LogP contribution in [0.5, 0.6) is 0 Å². The Balaban J connectivity index is 0. The number of benzene rings is 2. The van der Waals surface area contributed by atoms with Crippen molar-refractivity contribution >= 4 is 21.6 Å². The predicted molar refractivity (Wildman–Crippen MR) is 113 cm³/mol. The van der Waals surface area contributed by atoms with Crippen molar-refractivity contribution in [1.29, 1.82) is 0 Å². The first kappa shape index (κ1) is 27.6. The van der Waals surface area contributed by atoms with E-state index in [2.05, 4.69) is 31.0 Å². The molecule has 1 heterocycles. The molecule has 4 heteroatoms. The van der Waals surface area contributed by atoms with Gasteiger partial charge in [-0.25, -0.2) is 4.98 Å². The molecule has 1 aromatic heterocycles. The van der Waals surface area contributed by atoms with Gasteiger partial charge in [0.15, 0.2) is 0 Å². The standard InChI is InChI=1S/C13H8NS.C5H11O.2C2H6.Y/c1-2-6-10(7-3-1)13-14-11-8-4-5-9-12(11)15-13;1-3-5-6-4-2;2*1-2;/h2-9H;2-5H2,1H3;2*1-2H3;/q2*-1;;;. The van der Waals surface area contributed by atoms with Crippen LogP contribution in [0.1, 0.15) is 41.0 Å². The summed E-state index contributed by atoms with van der Waals surface area (Å²) in [6.45, 7) is 15.0. The maximum Gasteiger partial charge on any atom is 0.0999 e. The van der Waals surface area contributed by atoms with Gasteiger partial charge in [0.2, 0.25) is 0 Å². The minimum Gasteiger partial charge on any atom is -0.413 e. The van der Waals surface area contributed by atoms with Crippen LogP contribution >= 0.6 is 11.3 Å². The molecule has 0 atom stereocenters. The molecule has 0 saturated heterocycles. The fourth-order valence-corrected chi connectivity index (χ4v) is 2.74. The Morgan fingerprint density at radius 1 is 1.04 bits per heavy atom. The quantitative estimate of drug-likeness (QED) is 0.316. The molecule has 0 unspecified atom stereocenters. The molecular formula is C22H31NOSY-2. The average Bonchev–Trinajstić information content (AvgIpc) is 3.15. The van der Waals surface area contributed by atoms with Gasteiger partial charge in [0.1, 0.15) is 0 Å². The Labute approximate surface area is 189 Å². The van der Waals surface area contributed by atoms with Gasteiger partial charge in [-0.1, -0.05) is 58.9 Å². The number of ether oxygens (including phenoxy) is 1. The molecule has 0 fully saturated rings. The molecule has 0 N–H and O–H groups in total. The third-order valence-electron chi connectivity index (χ3n) is 2.75. The van der Waals surface area contributed by atoms with Crippen LogP contribution in [0.4, 0.5) is 0 Å². The molecule has 2 nitrogen and oxygen atoms in total. The summed E-state index contributed by atoms with van der Waals surface area (Å²) in [6, 6.07) is 19.1. The molecule has 0 spiro atoms. The van der Waals surface area contributed by atoms with Gasteiger partial charge in [0.25, 0.3) is 0 Å². The van der Waals surface area contributed by atoms with Gasteiger partial charge < -0.3 is 11.7 Å². The van der Waals surface area contributed by atoms with Gasteiger partial charge in [0, 0.05) is 39.3 Å². The van der Waals surface area contributed by atoms with E-state index in [1.807, 2.05) is 70.2 Å². The van der Waals surface area contributed by atoms with Crippen molar-refractivity contribution in [3.05, 3.63) is 61.5 Å². The number of hydrogen-bond acceptors (Lipinski definition) is 3. The first-order chi connectivity index (χ1) is 12.3. The number of hydrogen-bond donors (Lipinski definition) is 0. The summed E-state index contributed by atoms with van der Waals surface area (Å²) in [5.41, 5.74) is 2.24. The summed E-state index contributed by atoms with van der Waals surface area (Å²) in [7, 11) is 0. The normalized spacial score (nSPS) is 8.69. The summed E-state index contributed by atoms with van der Waals surface area (Å²) in [5.74, 6) is 0. The topological polar surface area (TPSA) is 22.1 Å². The largest absolute Gasteiger partial charge is 0.413 e. The molecular weight excluding hydrogens is 415 g/mol. The summed E-state index contributed by atoms with van der Waals surface area (Å²) in [6.07, 6.45) is 1.09. The summed E-state index contributed by atoms with van der Waals surface area (Å²) in [5, 5.41) is 1.07. The zero-order valence-electron chi connectivity index (χ0n) is 16.8. The Bertz CT molecular complexity index is 618. The Morgan fingerprint density at radius 2 is 1.65 bits per heavy atom. The van der Waals surface area contributed by atoms with Gasteiger partial charge >= 0.3 is 0 Å². The Kier molecular flexibility index (Phi) is 20.4. The molecule has 0 amide bonds. The molecule has 26 heavy (non-hydrogen) atoms. The fourth-order valence-electron chi connectivity index (χ4n) is 1.77. The van der Waals surface area contributed by atoms with Crippen LogP contribution in [0.15, 0.2) is 48.5 Å². The van der Waals surface area contributed by atoms with Gasteiger partial charge in [-0.15, -0.1) is 11.3 Å². The predicted octanol–water partition coefficient (Wildman–Crippen LogP) is 7.06. The van der Waals surface area contributed by atoms with Crippen molar-refractivity contribution in [2.24, 2.45) is 0 Å². The molecule has 0 aliphatic rings. The van der Waals surface area contributed by atoms with Crippen LogP contribution in [0.3, 0.4) is 0 Å². The molecule has 2 aromatic carbocycles. The van der Waals surface area contributed by atoms with Crippen LogP contribution in [-0.4, -0.2) is 18.2 Å². The minimum atomic E-state index is 0. The summed E-state index contributed by atoms with van der Waals surface area (Å²) < 4.78 is 6.11. The zero-order valence-corrected chi connectivity index (χ0v) is 20.4. The van der Waals surface area contributed by atoms with Crippen molar-refractivity contribution in [1.82, 2.24) is 4.98 Å². The second-order valence-corrected chi connectivity index (χ2v) is 5.42. The Hall–Kier alpha value is -0.606. The molecule has 3 aromatic rings. The van der Waals surface area contributed by atoms with E-state index >= 15 is 0 Å². The Morgan fingerprint density at radius 3 is 2.15 bits per heavy atom. The summed E-state index contributed by atoms with van der Waals surface area (Å²) >= 11 is 1.73. The smallest absolute Gasteiger partial charge is 0.0999 e. The average molecular weight is 446 g/mol. The number of fused-ring (bicyclic) bond motifs is 1. The van der Waals surface area contributed by atoms with Crippen molar-refractivity contribution in [2.75, 3.05) is 13.2 Å². The molecule has 0 aliphatic carbocycles. The van der Waals surface area contributed by atoms with Crippen LogP contribution in [-0.2, 0) is 37.4 Å². The van der Waals surface area contributed by atoms with Gasteiger partial charge in [0.05, 0.1) is 15.2 Å². The molecule has 0 saturated carbocycles. The monoisotopic (exact) mass is 446 g/mol. The fraction of sp³-hybridized carbons (Fsp3) is 0.364. The van der Waals surface area contributed by atoms with E-state index in [-0.39, 0.29) is 32.7 Å². The maximum atomic E-state index is 4.87. The molecule has 1 radical (unpaired) electrons. The van der Waals surface area contributed by atoms with Crippen molar-refractivity contribution < 1.29 is 37.4 Å². The second kappa shape index (κ2) is 19.2. The number of thiazole rings is 1. The van der Waals surface area contributed by atoms with E-state index in [1.165, 1.54) is 4.70 Å². The van der Waals surface area contributed by atoms with Crippen LogP contribution in [0, 0.1) is 13.0 Å². The van der Waals surface area contributed by atoms with E-state index in [1.54, 1.807) is 11.3 Å². The number of rotatable bonds is 4. The molecule has 0 bridgehead atoms. The third kappa shape index (κ3) is 10.5. The third-order valence-corrected chi connectivity index (χ3v) is 3.84. The van der Waals surface area contributed by atoms with Gasteiger partial charge in [-0.3, -0.25) is 0 Å².